The van der Waals surface area contributed by atoms with Crippen molar-refractivity contribution in [1.29, 1.82) is 0 Å². The maximum absolute atomic E-state index is 12.2. The number of hydrogen-bond acceptors (Lipinski definition) is 4. The molecule has 3 rings (SSSR count). The Hall–Kier alpha value is -2.88. The molecular formula is C23H26N2O2. The summed E-state index contributed by atoms with van der Waals surface area (Å²) in [4.78, 5) is 24.4. The number of rotatable bonds is 4. The number of anilines is 4. The molecule has 0 radical (unpaired) electrons. The molecule has 3 aromatic rings. The number of nitrogens with one attached hydrogen (secondary N) is 2. The molecule has 0 aliphatic rings. The summed E-state index contributed by atoms with van der Waals surface area (Å²) in [6.07, 6.45) is 0. The lowest BCUT2D eigenvalue weighted by Crippen LogP contribution is -2.36. The van der Waals surface area contributed by atoms with Crippen LogP contribution in [0.4, 0.5) is 22.7 Å². The summed E-state index contributed by atoms with van der Waals surface area (Å²) in [6.45, 7) is 14.4. The third-order valence-corrected chi connectivity index (χ3v) is 5.97. The summed E-state index contributed by atoms with van der Waals surface area (Å²) in [7, 11) is 0. The Morgan fingerprint density at radius 1 is 0.556 bits per heavy atom. The lowest BCUT2D eigenvalue weighted by Gasteiger charge is -2.20. The summed E-state index contributed by atoms with van der Waals surface area (Å²) in [5.41, 5.74) is 9.54. The highest BCUT2D eigenvalue weighted by molar-refractivity contribution is 5.84. The first kappa shape index (κ1) is 18.9. The van der Waals surface area contributed by atoms with Crippen molar-refractivity contribution in [2.75, 3.05) is 10.6 Å². The van der Waals surface area contributed by atoms with Crippen LogP contribution >= 0.6 is 0 Å². The molecule has 0 aliphatic heterocycles. The zero-order valence-electron chi connectivity index (χ0n) is 17.0. The van der Waals surface area contributed by atoms with E-state index in [4.69, 9.17) is 0 Å². The normalized spacial score (nSPS) is 11.1. The minimum absolute atomic E-state index is 0.335. The van der Waals surface area contributed by atoms with Gasteiger partial charge in [0.05, 0.1) is 0 Å². The van der Waals surface area contributed by atoms with E-state index < -0.39 is 10.9 Å². The molecule has 4 nitrogen and oxygen atoms in total. The van der Waals surface area contributed by atoms with Gasteiger partial charge in [0.1, 0.15) is 11.4 Å². The number of benzene rings is 2. The second kappa shape index (κ2) is 6.69. The molecule has 140 valence electrons. The van der Waals surface area contributed by atoms with Gasteiger partial charge in [0.2, 0.25) is 0 Å². The smallest absolute Gasteiger partial charge is 0.253 e. The topological polar surface area (TPSA) is 58.2 Å². The Morgan fingerprint density at radius 3 is 1.63 bits per heavy atom. The summed E-state index contributed by atoms with van der Waals surface area (Å²) in [6, 6.07) is 5.99. The molecule has 27 heavy (non-hydrogen) atoms. The van der Waals surface area contributed by atoms with Crippen molar-refractivity contribution >= 4 is 22.7 Å². The van der Waals surface area contributed by atoms with Gasteiger partial charge in [-0.15, -0.1) is 0 Å². The Kier molecular flexibility index (Phi) is 4.68. The van der Waals surface area contributed by atoms with Crippen LogP contribution in [-0.2, 0) is 0 Å². The minimum Gasteiger partial charge on any atom is -0.350 e. The number of hydrogen-bond donors (Lipinski definition) is 2. The van der Waals surface area contributed by atoms with Crippen molar-refractivity contribution in [1.82, 2.24) is 0 Å². The second-order valence-electron chi connectivity index (χ2n) is 7.45. The van der Waals surface area contributed by atoms with Gasteiger partial charge in [-0.3, -0.25) is 9.59 Å². The highest BCUT2D eigenvalue weighted by atomic mass is 16.2. The highest BCUT2D eigenvalue weighted by Crippen LogP contribution is 2.31. The average molecular weight is 362 g/mol. The number of aryl methyl sites for hydroxylation is 2. The Labute approximate surface area is 160 Å². The first-order valence-electron chi connectivity index (χ1n) is 9.15. The maximum Gasteiger partial charge on any atom is 0.253 e. The van der Waals surface area contributed by atoms with Crippen molar-refractivity contribution in [3.05, 3.63) is 77.6 Å². The second-order valence-corrected chi connectivity index (χ2v) is 7.45. The van der Waals surface area contributed by atoms with E-state index in [1.54, 1.807) is 0 Å². The molecule has 0 heterocycles. The van der Waals surface area contributed by atoms with Gasteiger partial charge >= 0.3 is 0 Å². The van der Waals surface area contributed by atoms with Crippen molar-refractivity contribution in [3.8, 4) is 0 Å². The van der Waals surface area contributed by atoms with Crippen molar-refractivity contribution in [2.45, 2.75) is 48.5 Å². The SMILES string of the molecule is Cc1ccc(Nc2c(Nc3cc(C)c(C)c(C)c3C)c(=O)c2=O)c(C)c1C. The van der Waals surface area contributed by atoms with Crippen LogP contribution < -0.4 is 21.5 Å². The van der Waals surface area contributed by atoms with E-state index in [2.05, 4.69) is 38.3 Å². The average Bonchev–Trinajstić information content (AvgIpc) is 2.65. The molecule has 2 N–H and O–H groups in total. The molecule has 0 aromatic heterocycles. The lowest BCUT2D eigenvalue weighted by molar-refractivity contribution is 1.21. The molecule has 0 unspecified atom stereocenters. The Balaban J connectivity index is 2.00. The summed E-state index contributed by atoms with van der Waals surface area (Å²) >= 11 is 0. The van der Waals surface area contributed by atoms with Crippen molar-refractivity contribution in [2.24, 2.45) is 0 Å². The summed E-state index contributed by atoms with van der Waals surface area (Å²) in [5, 5.41) is 6.37. The third kappa shape index (κ3) is 3.05. The van der Waals surface area contributed by atoms with Crippen LogP contribution in [0.2, 0.25) is 0 Å². The first-order chi connectivity index (χ1) is 12.6. The Morgan fingerprint density at radius 2 is 1.04 bits per heavy atom. The standard InChI is InChI=1S/C23H26N2O2/c1-11-8-9-18(16(6)13(11)3)24-20-21(23(27)22(20)26)25-19-10-12(2)14(4)15(5)17(19)7/h8-10,24-25H,1-7H3. The van der Waals surface area contributed by atoms with Gasteiger partial charge in [0, 0.05) is 11.4 Å². The molecule has 0 bridgehead atoms. The van der Waals surface area contributed by atoms with Gasteiger partial charge in [-0.25, -0.2) is 0 Å². The molecule has 4 heteroatoms. The highest BCUT2D eigenvalue weighted by Gasteiger charge is 2.23. The molecular weight excluding hydrogens is 336 g/mol. The molecule has 0 atom stereocenters. The van der Waals surface area contributed by atoms with Crippen molar-refractivity contribution in [3.63, 3.8) is 0 Å². The van der Waals surface area contributed by atoms with Crippen LogP contribution in [0.3, 0.4) is 0 Å². The van der Waals surface area contributed by atoms with E-state index in [1.807, 2.05) is 39.0 Å². The molecule has 0 amide bonds. The molecule has 0 aliphatic carbocycles. The third-order valence-electron chi connectivity index (χ3n) is 5.97. The van der Waals surface area contributed by atoms with E-state index in [1.165, 1.54) is 22.3 Å². The van der Waals surface area contributed by atoms with Crippen LogP contribution in [-0.4, -0.2) is 0 Å². The summed E-state index contributed by atoms with van der Waals surface area (Å²) in [5.74, 6) is 0. The van der Waals surface area contributed by atoms with E-state index in [-0.39, 0.29) is 0 Å². The zero-order valence-corrected chi connectivity index (χ0v) is 17.0. The monoisotopic (exact) mass is 362 g/mol. The van der Waals surface area contributed by atoms with Gasteiger partial charge in [-0.2, -0.15) is 0 Å². The largest absolute Gasteiger partial charge is 0.350 e. The minimum atomic E-state index is -0.478. The lowest BCUT2D eigenvalue weighted by atomic mass is 9.97. The summed E-state index contributed by atoms with van der Waals surface area (Å²) < 4.78 is 0. The van der Waals surface area contributed by atoms with Gasteiger partial charge < -0.3 is 10.6 Å². The van der Waals surface area contributed by atoms with Crippen LogP contribution in [0.1, 0.15) is 38.9 Å². The van der Waals surface area contributed by atoms with Gasteiger partial charge in [-0.05, 0) is 99.5 Å². The van der Waals surface area contributed by atoms with Crippen LogP contribution in [0, 0.1) is 48.5 Å². The van der Waals surface area contributed by atoms with Crippen molar-refractivity contribution < 1.29 is 0 Å². The molecule has 0 fully saturated rings. The molecule has 0 saturated carbocycles. The van der Waals surface area contributed by atoms with E-state index in [0.29, 0.717) is 11.4 Å². The fourth-order valence-electron chi connectivity index (χ4n) is 3.33. The van der Waals surface area contributed by atoms with Gasteiger partial charge in [-0.1, -0.05) is 6.07 Å². The molecule has 3 aromatic carbocycles. The fraction of sp³-hybridized carbons (Fsp3) is 0.304. The van der Waals surface area contributed by atoms with Crippen LogP contribution in [0.25, 0.3) is 0 Å². The van der Waals surface area contributed by atoms with Gasteiger partial charge in [0.15, 0.2) is 0 Å². The van der Waals surface area contributed by atoms with E-state index in [0.717, 1.165) is 28.1 Å². The molecule has 0 spiro atoms. The van der Waals surface area contributed by atoms with Gasteiger partial charge in [0.25, 0.3) is 10.9 Å². The van der Waals surface area contributed by atoms with Crippen LogP contribution in [0.15, 0.2) is 27.8 Å². The van der Waals surface area contributed by atoms with E-state index in [9.17, 15) is 9.59 Å². The quantitative estimate of drug-likeness (QED) is 0.646. The molecule has 0 saturated heterocycles. The predicted octanol–water partition coefficient (Wildman–Crippen LogP) is 4.93. The van der Waals surface area contributed by atoms with Crippen LogP contribution in [0.5, 0.6) is 0 Å². The maximum atomic E-state index is 12.2. The zero-order chi connectivity index (χ0) is 20.0. The first-order valence-corrected chi connectivity index (χ1v) is 9.15. The fourth-order valence-corrected chi connectivity index (χ4v) is 3.33. The Bertz CT molecular complexity index is 1130. The predicted molar refractivity (Wildman–Crippen MR) is 114 cm³/mol. The van der Waals surface area contributed by atoms with E-state index >= 15 is 0 Å².